The van der Waals surface area contributed by atoms with E-state index in [1.807, 2.05) is 32.6 Å². The van der Waals surface area contributed by atoms with Crippen LogP contribution in [0.2, 0.25) is 5.02 Å². The lowest BCUT2D eigenvalue weighted by Gasteiger charge is -2.37. The number of halogens is 1. The molecule has 6 nitrogen and oxygen atoms in total. The highest BCUT2D eigenvalue weighted by molar-refractivity contribution is 6.36. The molecule has 2 aliphatic rings. The van der Waals surface area contributed by atoms with E-state index in [1.54, 1.807) is 24.3 Å². The summed E-state index contributed by atoms with van der Waals surface area (Å²) >= 11 is 6.01. The third-order valence-electron chi connectivity index (χ3n) is 4.78. The average molecular weight is 407 g/mol. The normalized spacial score (nSPS) is 23.4. The molecule has 2 unspecified atom stereocenters. The van der Waals surface area contributed by atoms with Crippen LogP contribution in [0, 0.1) is 0 Å². The maximum absolute atomic E-state index is 13.2. The maximum Gasteiger partial charge on any atom is 0.277 e. The fraction of sp³-hybridized carbons (Fsp3) is 0.524. The highest BCUT2D eigenvalue weighted by Crippen LogP contribution is 2.33. The monoisotopic (exact) mass is 406 g/mol. The van der Waals surface area contributed by atoms with E-state index in [2.05, 4.69) is 0 Å². The van der Waals surface area contributed by atoms with E-state index in [0.717, 1.165) is 0 Å². The number of hydrogen-bond donors (Lipinski definition) is 0. The van der Waals surface area contributed by atoms with Crippen molar-refractivity contribution in [2.45, 2.75) is 46.0 Å². The summed E-state index contributed by atoms with van der Waals surface area (Å²) < 4.78 is 11.4. The third kappa shape index (κ3) is 4.40. The summed E-state index contributed by atoms with van der Waals surface area (Å²) in [4.78, 5) is 29.7. The first-order valence-electron chi connectivity index (χ1n) is 9.66. The molecule has 2 atom stereocenters. The highest BCUT2D eigenvalue weighted by atomic mass is 35.5. The quantitative estimate of drug-likeness (QED) is 0.680. The minimum Gasteiger partial charge on any atom is -0.377 e. The summed E-state index contributed by atoms with van der Waals surface area (Å²) in [7, 11) is 0. The first-order valence-corrected chi connectivity index (χ1v) is 10.0. The van der Waals surface area contributed by atoms with Crippen LogP contribution in [0.3, 0.4) is 0 Å². The Kier molecular flexibility index (Phi) is 6.43. The van der Waals surface area contributed by atoms with Gasteiger partial charge in [-0.05, 0) is 45.4 Å². The fourth-order valence-electron chi connectivity index (χ4n) is 3.68. The summed E-state index contributed by atoms with van der Waals surface area (Å²) in [5.41, 5.74) is 1.56. The molecule has 2 aliphatic heterocycles. The Morgan fingerprint density at radius 1 is 1.11 bits per heavy atom. The molecule has 1 saturated heterocycles. The predicted octanol–water partition coefficient (Wildman–Crippen LogP) is 2.95. The second-order valence-corrected chi connectivity index (χ2v) is 8.01. The highest BCUT2D eigenvalue weighted by Gasteiger charge is 2.42. The van der Waals surface area contributed by atoms with E-state index in [9.17, 15) is 9.59 Å². The summed E-state index contributed by atoms with van der Waals surface area (Å²) in [6.45, 7) is 9.46. The molecule has 0 aromatic heterocycles. The third-order valence-corrected chi connectivity index (χ3v) is 5.03. The molecule has 7 heteroatoms. The molecule has 152 valence electrons. The Labute approximate surface area is 171 Å². The SMILES string of the molecule is CC(C)OCCN1C(=O)C(c2ccc(Cl)cc2)=C(N2CC(C)OC(C)C2)C1=O. The van der Waals surface area contributed by atoms with Crippen molar-refractivity contribution in [1.82, 2.24) is 9.80 Å². The van der Waals surface area contributed by atoms with Gasteiger partial charge in [0.2, 0.25) is 0 Å². The van der Waals surface area contributed by atoms with Gasteiger partial charge in [0, 0.05) is 18.1 Å². The van der Waals surface area contributed by atoms with E-state index in [4.69, 9.17) is 21.1 Å². The van der Waals surface area contributed by atoms with Gasteiger partial charge in [0.05, 0.1) is 37.0 Å². The maximum atomic E-state index is 13.2. The zero-order chi connectivity index (χ0) is 20.4. The molecule has 0 N–H and O–H groups in total. The van der Waals surface area contributed by atoms with Crippen LogP contribution >= 0.6 is 11.6 Å². The number of carbonyl (C=O) groups is 2. The van der Waals surface area contributed by atoms with Crippen LogP contribution < -0.4 is 0 Å². The first kappa shape index (κ1) is 20.8. The standard InChI is InChI=1S/C21H27ClN2O4/c1-13(2)27-10-9-24-20(25)18(16-5-7-17(22)8-6-16)19(21(24)26)23-11-14(3)28-15(4)12-23/h5-8,13-15H,9-12H2,1-4H3. The summed E-state index contributed by atoms with van der Waals surface area (Å²) in [5, 5.41) is 0.582. The molecule has 0 bridgehead atoms. The van der Waals surface area contributed by atoms with Gasteiger partial charge in [-0.1, -0.05) is 23.7 Å². The minimum absolute atomic E-state index is 0.0241. The van der Waals surface area contributed by atoms with E-state index < -0.39 is 0 Å². The van der Waals surface area contributed by atoms with E-state index in [0.29, 0.717) is 41.6 Å². The molecule has 1 aromatic carbocycles. The summed E-state index contributed by atoms with van der Waals surface area (Å²) in [6, 6.07) is 7.03. The molecule has 0 saturated carbocycles. The van der Waals surface area contributed by atoms with Crippen LogP contribution in [-0.4, -0.2) is 66.2 Å². The van der Waals surface area contributed by atoms with Crippen LogP contribution in [0.1, 0.15) is 33.3 Å². The lowest BCUT2D eigenvalue weighted by Crippen LogP contribution is -2.47. The van der Waals surface area contributed by atoms with Crippen molar-refractivity contribution >= 4 is 29.0 Å². The Hall–Kier alpha value is -1.89. The van der Waals surface area contributed by atoms with Gasteiger partial charge >= 0.3 is 0 Å². The van der Waals surface area contributed by atoms with Gasteiger partial charge in [0.1, 0.15) is 5.70 Å². The molecule has 0 spiro atoms. The van der Waals surface area contributed by atoms with Crippen LogP contribution in [-0.2, 0) is 19.1 Å². The lowest BCUT2D eigenvalue weighted by atomic mass is 10.0. The number of imide groups is 1. The van der Waals surface area contributed by atoms with Gasteiger partial charge in [0.15, 0.2) is 0 Å². The summed E-state index contributed by atoms with van der Waals surface area (Å²) in [5.74, 6) is -0.565. The average Bonchev–Trinajstić information content (AvgIpc) is 2.86. The van der Waals surface area contributed by atoms with Gasteiger partial charge in [-0.2, -0.15) is 0 Å². The Bertz CT molecular complexity index is 765. The number of amides is 2. The molecule has 1 aromatic rings. The zero-order valence-corrected chi connectivity index (χ0v) is 17.5. The van der Waals surface area contributed by atoms with Gasteiger partial charge in [-0.15, -0.1) is 0 Å². The molecule has 2 amide bonds. The molecule has 28 heavy (non-hydrogen) atoms. The van der Waals surface area contributed by atoms with Gasteiger partial charge in [-0.25, -0.2) is 0 Å². The van der Waals surface area contributed by atoms with Crippen molar-refractivity contribution in [2.24, 2.45) is 0 Å². The second-order valence-electron chi connectivity index (χ2n) is 7.57. The van der Waals surface area contributed by atoms with E-state index in [1.165, 1.54) is 4.90 Å². The van der Waals surface area contributed by atoms with Crippen molar-refractivity contribution in [2.75, 3.05) is 26.2 Å². The van der Waals surface area contributed by atoms with Crippen molar-refractivity contribution in [3.63, 3.8) is 0 Å². The van der Waals surface area contributed by atoms with Crippen molar-refractivity contribution in [3.8, 4) is 0 Å². The number of rotatable bonds is 6. The van der Waals surface area contributed by atoms with Crippen molar-refractivity contribution in [1.29, 1.82) is 0 Å². The molecule has 3 rings (SSSR count). The molecule has 0 radical (unpaired) electrons. The van der Waals surface area contributed by atoms with Crippen LogP contribution in [0.25, 0.3) is 5.57 Å². The number of hydrogen-bond acceptors (Lipinski definition) is 5. The van der Waals surface area contributed by atoms with Crippen molar-refractivity contribution in [3.05, 3.63) is 40.5 Å². The largest absolute Gasteiger partial charge is 0.377 e. The zero-order valence-electron chi connectivity index (χ0n) is 16.8. The van der Waals surface area contributed by atoms with Gasteiger partial charge in [0.25, 0.3) is 11.8 Å². The Morgan fingerprint density at radius 2 is 1.71 bits per heavy atom. The van der Waals surface area contributed by atoms with Gasteiger partial charge in [-0.3, -0.25) is 14.5 Å². The second kappa shape index (κ2) is 8.64. The Balaban J connectivity index is 1.96. The number of carbonyl (C=O) groups excluding carboxylic acids is 2. The molecular formula is C21H27ClN2O4. The Morgan fingerprint density at radius 3 is 2.29 bits per heavy atom. The van der Waals surface area contributed by atoms with Gasteiger partial charge < -0.3 is 14.4 Å². The fourth-order valence-corrected chi connectivity index (χ4v) is 3.80. The van der Waals surface area contributed by atoms with Crippen LogP contribution in [0.4, 0.5) is 0 Å². The molecule has 1 fully saturated rings. The topological polar surface area (TPSA) is 59.1 Å². The number of ether oxygens (including phenoxy) is 2. The first-order chi connectivity index (χ1) is 13.3. The number of benzene rings is 1. The smallest absolute Gasteiger partial charge is 0.277 e. The lowest BCUT2D eigenvalue weighted by molar-refractivity contribution is -0.139. The minimum atomic E-state index is -0.290. The van der Waals surface area contributed by atoms with E-state index in [-0.39, 0.29) is 36.7 Å². The predicted molar refractivity (Wildman–Crippen MR) is 108 cm³/mol. The number of nitrogens with zero attached hydrogens (tertiary/aromatic N) is 2. The van der Waals surface area contributed by atoms with E-state index >= 15 is 0 Å². The van der Waals surface area contributed by atoms with Crippen LogP contribution in [0.15, 0.2) is 30.0 Å². The molecular weight excluding hydrogens is 380 g/mol. The molecule has 0 aliphatic carbocycles. The molecule has 2 heterocycles. The van der Waals surface area contributed by atoms with Crippen LogP contribution in [0.5, 0.6) is 0 Å². The van der Waals surface area contributed by atoms with Crippen molar-refractivity contribution < 1.29 is 19.1 Å². The summed E-state index contributed by atoms with van der Waals surface area (Å²) in [6.07, 6.45) is -0.00944. The number of morpholine rings is 1.